The summed E-state index contributed by atoms with van der Waals surface area (Å²) >= 11 is 12.2. The topological polar surface area (TPSA) is 125 Å². The van der Waals surface area contributed by atoms with Crippen LogP contribution in [0.5, 0.6) is 0 Å². The lowest BCUT2D eigenvalue weighted by atomic mass is 10.1. The van der Waals surface area contributed by atoms with Crippen molar-refractivity contribution in [2.45, 2.75) is 93.0 Å². The van der Waals surface area contributed by atoms with Crippen molar-refractivity contribution < 1.29 is 28.6 Å². The largest absolute Gasteiger partial charge is 0.456 e. The van der Waals surface area contributed by atoms with Gasteiger partial charge in [-0.05, 0) is 88.3 Å². The van der Waals surface area contributed by atoms with Gasteiger partial charge in [0.25, 0.3) is 0 Å². The normalized spacial score (nSPS) is 12.3. The van der Waals surface area contributed by atoms with E-state index in [1.807, 2.05) is 58.2 Å². The molecular formula is C39H42Cl2N4O6. The number of pyridine rings is 2. The second kappa shape index (κ2) is 13.5. The number of benzene rings is 2. The maximum atomic E-state index is 13.1. The number of esters is 2. The SMILES string of the molecule is Cc1c(C(=O)OC(C)(C)C)c2ccc3cnc(Cl)cc3c2n1C(=O)OC(C)(C)C.Cc1nc2c(ccc3c[nH]c(Cl)cc32)c1C(=O)OC(C)(C)C. The quantitative estimate of drug-likeness (QED) is 0.106. The summed E-state index contributed by atoms with van der Waals surface area (Å²) in [5.74, 6) is -0.845. The molecule has 0 saturated heterocycles. The third-order valence-electron chi connectivity index (χ3n) is 7.61. The van der Waals surface area contributed by atoms with Crippen LogP contribution in [0.15, 0.2) is 48.8 Å². The number of fused-ring (bicyclic) bond motifs is 6. The Morgan fingerprint density at radius 2 is 1.27 bits per heavy atom. The summed E-state index contributed by atoms with van der Waals surface area (Å²) in [7, 11) is 0. The van der Waals surface area contributed by atoms with Crippen LogP contribution in [-0.2, 0) is 14.2 Å². The first-order valence-electron chi connectivity index (χ1n) is 16.4. The maximum absolute atomic E-state index is 13.1. The number of halogens is 2. The molecule has 6 rings (SSSR count). The first kappa shape index (κ1) is 37.6. The van der Waals surface area contributed by atoms with Gasteiger partial charge in [0.1, 0.15) is 27.1 Å². The van der Waals surface area contributed by atoms with Gasteiger partial charge in [-0.15, -0.1) is 0 Å². The summed E-state index contributed by atoms with van der Waals surface area (Å²) in [5, 5.41) is 5.60. The zero-order valence-corrected chi connectivity index (χ0v) is 32.2. The second-order valence-corrected chi connectivity index (χ2v) is 16.1. The van der Waals surface area contributed by atoms with E-state index in [2.05, 4.69) is 15.0 Å². The van der Waals surface area contributed by atoms with E-state index in [4.69, 9.17) is 37.4 Å². The van der Waals surface area contributed by atoms with E-state index >= 15 is 0 Å². The third kappa shape index (κ3) is 8.13. The van der Waals surface area contributed by atoms with E-state index in [-0.39, 0.29) is 5.97 Å². The minimum Gasteiger partial charge on any atom is -0.456 e. The van der Waals surface area contributed by atoms with Crippen LogP contribution in [0.25, 0.3) is 43.4 Å². The van der Waals surface area contributed by atoms with Gasteiger partial charge in [0.2, 0.25) is 0 Å². The number of hydrogen-bond acceptors (Lipinski definition) is 8. The van der Waals surface area contributed by atoms with Crippen LogP contribution in [0.3, 0.4) is 0 Å². The molecule has 0 aliphatic carbocycles. The molecule has 1 N–H and O–H groups in total. The van der Waals surface area contributed by atoms with E-state index in [0.29, 0.717) is 49.1 Å². The van der Waals surface area contributed by atoms with Crippen LogP contribution in [0.2, 0.25) is 10.3 Å². The first-order chi connectivity index (χ1) is 23.5. The minimum absolute atomic E-state index is 0.290. The van der Waals surface area contributed by atoms with Crippen molar-refractivity contribution in [3.63, 3.8) is 0 Å². The molecule has 2 aromatic carbocycles. The van der Waals surface area contributed by atoms with E-state index in [0.717, 1.165) is 27.1 Å². The van der Waals surface area contributed by atoms with Crippen LogP contribution < -0.4 is 0 Å². The summed E-state index contributed by atoms with van der Waals surface area (Å²) in [6.07, 6.45) is 2.88. The van der Waals surface area contributed by atoms with Gasteiger partial charge < -0.3 is 19.2 Å². The lowest BCUT2D eigenvalue weighted by molar-refractivity contribution is 0.00580. The van der Waals surface area contributed by atoms with Crippen LogP contribution in [0, 0.1) is 13.8 Å². The molecule has 0 radical (unpaired) electrons. The van der Waals surface area contributed by atoms with E-state index in [9.17, 15) is 14.4 Å². The Morgan fingerprint density at radius 3 is 1.88 bits per heavy atom. The molecule has 4 aromatic heterocycles. The van der Waals surface area contributed by atoms with Crippen LogP contribution in [0.4, 0.5) is 4.79 Å². The van der Waals surface area contributed by atoms with Gasteiger partial charge in [-0.1, -0.05) is 47.5 Å². The van der Waals surface area contributed by atoms with Gasteiger partial charge in [0.15, 0.2) is 0 Å². The zero-order valence-electron chi connectivity index (χ0n) is 30.7. The average molecular weight is 734 g/mol. The van der Waals surface area contributed by atoms with Crippen molar-refractivity contribution >= 4 is 84.6 Å². The molecule has 0 aliphatic rings. The fourth-order valence-corrected chi connectivity index (χ4v) is 6.08. The Labute approximate surface area is 306 Å². The predicted octanol–water partition coefficient (Wildman–Crippen LogP) is 10.5. The Morgan fingerprint density at radius 1 is 0.706 bits per heavy atom. The average Bonchev–Trinajstić information content (AvgIpc) is 3.48. The summed E-state index contributed by atoms with van der Waals surface area (Å²) < 4.78 is 18.1. The Balaban J connectivity index is 0.000000205. The number of aromatic amines is 1. The molecule has 0 spiro atoms. The highest BCUT2D eigenvalue weighted by Crippen LogP contribution is 2.35. The number of ether oxygens (including phenoxy) is 3. The fraction of sp³-hybridized carbons (Fsp3) is 0.359. The predicted molar refractivity (Wildman–Crippen MR) is 202 cm³/mol. The number of nitrogens with zero attached hydrogens (tertiary/aromatic N) is 3. The minimum atomic E-state index is -0.698. The van der Waals surface area contributed by atoms with Crippen molar-refractivity contribution in [3.8, 4) is 0 Å². The summed E-state index contributed by atoms with van der Waals surface area (Å²) in [6.45, 7) is 19.9. The molecule has 12 heteroatoms. The van der Waals surface area contributed by atoms with Gasteiger partial charge in [0.05, 0.1) is 27.9 Å². The van der Waals surface area contributed by atoms with Crippen LogP contribution in [-0.4, -0.2) is 54.4 Å². The van der Waals surface area contributed by atoms with Crippen molar-refractivity contribution in [1.29, 1.82) is 0 Å². The molecule has 0 aliphatic heterocycles. The molecule has 0 amide bonds. The smallest absolute Gasteiger partial charge is 0.419 e. The van der Waals surface area contributed by atoms with Crippen LogP contribution in [0.1, 0.15) is 94.4 Å². The molecule has 268 valence electrons. The number of nitrogens with one attached hydrogen (secondary N) is 1. The van der Waals surface area contributed by atoms with Crippen molar-refractivity contribution in [2.75, 3.05) is 0 Å². The fourth-order valence-electron chi connectivity index (χ4n) is 5.76. The van der Waals surface area contributed by atoms with Gasteiger partial charge in [-0.2, -0.15) is 0 Å². The van der Waals surface area contributed by atoms with E-state index in [1.165, 1.54) is 4.57 Å². The highest BCUT2D eigenvalue weighted by Gasteiger charge is 2.30. The molecule has 6 aromatic rings. The van der Waals surface area contributed by atoms with Crippen molar-refractivity contribution in [3.05, 3.63) is 81.6 Å². The Kier molecular flexibility index (Phi) is 9.92. The molecule has 0 saturated carbocycles. The Hall–Kier alpha value is -4.67. The number of aryl methyl sites for hydroxylation is 1. The number of H-pyrrole nitrogens is 1. The summed E-state index contributed by atoms with van der Waals surface area (Å²) in [4.78, 5) is 50.2. The first-order valence-corrected chi connectivity index (χ1v) is 17.2. The third-order valence-corrected chi connectivity index (χ3v) is 8.04. The Bertz CT molecular complexity index is 2350. The molecule has 0 atom stereocenters. The number of carbonyl (C=O) groups excluding carboxylic acids is 3. The van der Waals surface area contributed by atoms with Gasteiger partial charge in [-0.3, -0.25) is 4.98 Å². The standard InChI is InChI=1S/C22H25ClN2O4.C17H17ClN2O2/c1-12-17(19(26)28-21(2,3)4)14-9-8-13-11-24-16(23)10-15(13)18(14)25(12)20(27)29-22(5,6)7;1-9-14(16(21)22-17(2,3)4)11-6-5-10-8-19-13(18)7-12(10)15(11)20-9/h8-11H,1-7H3;5-8,19H,1-4H3. The second-order valence-electron chi connectivity index (χ2n) is 15.3. The monoisotopic (exact) mass is 732 g/mol. The molecular weight excluding hydrogens is 691 g/mol. The van der Waals surface area contributed by atoms with Gasteiger partial charge in [0, 0.05) is 50.4 Å². The molecule has 0 unspecified atom stereocenters. The molecule has 10 nitrogen and oxygen atoms in total. The zero-order chi connectivity index (χ0) is 37.8. The van der Waals surface area contributed by atoms with E-state index in [1.54, 1.807) is 66.8 Å². The highest BCUT2D eigenvalue weighted by atomic mass is 35.5. The van der Waals surface area contributed by atoms with Crippen molar-refractivity contribution in [2.24, 2.45) is 0 Å². The molecule has 4 heterocycles. The molecule has 0 fully saturated rings. The summed E-state index contributed by atoms with van der Waals surface area (Å²) in [6, 6.07) is 11.0. The lowest BCUT2D eigenvalue weighted by Crippen LogP contribution is -2.28. The lowest BCUT2D eigenvalue weighted by Gasteiger charge is -2.21. The number of carbonyl (C=O) groups is 3. The molecule has 0 bridgehead atoms. The molecule has 51 heavy (non-hydrogen) atoms. The van der Waals surface area contributed by atoms with Crippen LogP contribution >= 0.6 is 23.2 Å². The number of hydrogen-bond donors (Lipinski definition) is 1. The van der Waals surface area contributed by atoms with E-state index < -0.39 is 28.9 Å². The van der Waals surface area contributed by atoms with Gasteiger partial charge in [-0.25, -0.2) is 23.9 Å². The van der Waals surface area contributed by atoms with Crippen molar-refractivity contribution in [1.82, 2.24) is 19.5 Å². The number of aromatic nitrogens is 4. The highest BCUT2D eigenvalue weighted by molar-refractivity contribution is 6.31. The number of rotatable bonds is 2. The maximum Gasteiger partial charge on any atom is 0.419 e. The summed E-state index contributed by atoms with van der Waals surface area (Å²) in [5.41, 5.74) is 1.37. The van der Waals surface area contributed by atoms with Gasteiger partial charge >= 0.3 is 18.0 Å².